The molecule has 1 aliphatic rings. The van der Waals surface area contributed by atoms with Gasteiger partial charge in [0, 0.05) is 24.3 Å². The van der Waals surface area contributed by atoms with Crippen LogP contribution in [0, 0.1) is 0 Å². The molecule has 12 heteroatoms. The molecular formula is C19H16F6N2O3S. The zero-order valence-electron chi connectivity index (χ0n) is 15.7. The van der Waals surface area contributed by atoms with E-state index in [-0.39, 0.29) is 16.5 Å². The molecule has 1 aliphatic heterocycles. The highest BCUT2D eigenvalue weighted by Gasteiger charge is 2.37. The number of rotatable bonds is 4. The van der Waals surface area contributed by atoms with Crippen LogP contribution in [0.2, 0.25) is 0 Å². The number of hydrogen-bond acceptors (Lipinski definition) is 3. The maximum atomic E-state index is 13.0. The Morgan fingerprint density at radius 3 is 1.94 bits per heavy atom. The third kappa shape index (κ3) is 5.18. The van der Waals surface area contributed by atoms with Crippen molar-refractivity contribution in [1.82, 2.24) is 4.31 Å². The molecule has 1 fully saturated rings. The molecule has 2 aromatic carbocycles. The van der Waals surface area contributed by atoms with Crippen molar-refractivity contribution in [2.75, 3.05) is 18.4 Å². The first-order valence-corrected chi connectivity index (χ1v) is 10.4. The zero-order chi connectivity index (χ0) is 23.0. The van der Waals surface area contributed by atoms with Gasteiger partial charge in [-0.1, -0.05) is 6.07 Å². The van der Waals surface area contributed by atoms with Crippen LogP contribution >= 0.6 is 0 Å². The molecule has 0 atom stereocenters. The summed E-state index contributed by atoms with van der Waals surface area (Å²) in [6, 6.07) is 5.45. The Morgan fingerprint density at radius 1 is 0.871 bits per heavy atom. The van der Waals surface area contributed by atoms with E-state index in [1.54, 1.807) is 0 Å². The molecule has 0 unspecified atom stereocenters. The van der Waals surface area contributed by atoms with Crippen molar-refractivity contribution in [2.45, 2.75) is 30.1 Å². The first-order chi connectivity index (χ1) is 14.3. The van der Waals surface area contributed by atoms with Gasteiger partial charge in [0.05, 0.1) is 16.0 Å². The quantitative estimate of drug-likeness (QED) is 0.661. The van der Waals surface area contributed by atoms with Gasteiger partial charge in [-0.05, 0) is 49.2 Å². The minimum Gasteiger partial charge on any atom is -0.322 e. The summed E-state index contributed by atoms with van der Waals surface area (Å²) in [6.07, 6.45) is -8.75. The molecule has 2 aromatic rings. The van der Waals surface area contributed by atoms with Gasteiger partial charge in [-0.3, -0.25) is 4.79 Å². The smallest absolute Gasteiger partial charge is 0.322 e. The van der Waals surface area contributed by atoms with Gasteiger partial charge in [0.15, 0.2) is 0 Å². The molecule has 0 spiro atoms. The molecule has 0 radical (unpaired) electrons. The Hall–Kier alpha value is -2.60. The summed E-state index contributed by atoms with van der Waals surface area (Å²) < 4.78 is 104. The highest BCUT2D eigenvalue weighted by Crippen LogP contribution is 2.37. The molecule has 168 valence electrons. The first-order valence-electron chi connectivity index (χ1n) is 8.99. The summed E-state index contributed by atoms with van der Waals surface area (Å²) in [7, 11) is -3.86. The number of alkyl halides is 6. The fourth-order valence-electron chi connectivity index (χ4n) is 3.11. The molecule has 1 N–H and O–H groups in total. The molecule has 0 saturated carbocycles. The van der Waals surface area contributed by atoms with Gasteiger partial charge in [-0.2, -0.15) is 30.6 Å². The summed E-state index contributed by atoms with van der Waals surface area (Å²) in [6.45, 7) is 0.645. The molecule has 31 heavy (non-hydrogen) atoms. The number of carbonyl (C=O) groups is 1. The van der Waals surface area contributed by atoms with E-state index in [0.29, 0.717) is 38.1 Å². The van der Waals surface area contributed by atoms with E-state index in [1.807, 2.05) is 5.32 Å². The number of carbonyl (C=O) groups excluding carboxylic acids is 1. The van der Waals surface area contributed by atoms with Gasteiger partial charge < -0.3 is 5.32 Å². The molecule has 1 saturated heterocycles. The Balaban J connectivity index is 1.91. The van der Waals surface area contributed by atoms with Crippen LogP contribution in [-0.4, -0.2) is 31.7 Å². The van der Waals surface area contributed by atoms with Gasteiger partial charge in [0.25, 0.3) is 5.91 Å². The lowest BCUT2D eigenvalue weighted by Gasteiger charge is -2.16. The number of nitrogens with zero attached hydrogens (tertiary/aromatic N) is 1. The van der Waals surface area contributed by atoms with Crippen LogP contribution in [0.4, 0.5) is 32.0 Å². The molecule has 3 rings (SSSR count). The minimum absolute atomic E-state index is 0.0566. The molecule has 0 aliphatic carbocycles. The van der Waals surface area contributed by atoms with Crippen molar-refractivity contribution in [3.05, 3.63) is 59.2 Å². The van der Waals surface area contributed by atoms with Gasteiger partial charge in [-0.15, -0.1) is 0 Å². The number of amides is 1. The predicted molar refractivity (Wildman–Crippen MR) is 98.8 cm³/mol. The van der Waals surface area contributed by atoms with Crippen LogP contribution in [0.15, 0.2) is 47.4 Å². The topological polar surface area (TPSA) is 66.5 Å². The zero-order valence-corrected chi connectivity index (χ0v) is 16.5. The number of benzene rings is 2. The van der Waals surface area contributed by atoms with Crippen molar-refractivity contribution < 1.29 is 39.6 Å². The van der Waals surface area contributed by atoms with Crippen LogP contribution in [0.5, 0.6) is 0 Å². The van der Waals surface area contributed by atoms with Crippen molar-refractivity contribution >= 4 is 21.6 Å². The second-order valence-corrected chi connectivity index (χ2v) is 8.83. The average molecular weight is 466 g/mol. The van der Waals surface area contributed by atoms with Crippen LogP contribution < -0.4 is 5.32 Å². The number of nitrogens with one attached hydrogen (secondary N) is 1. The van der Waals surface area contributed by atoms with Crippen LogP contribution in [-0.2, 0) is 22.4 Å². The van der Waals surface area contributed by atoms with Gasteiger partial charge >= 0.3 is 12.4 Å². The van der Waals surface area contributed by atoms with Crippen molar-refractivity contribution in [2.24, 2.45) is 0 Å². The molecular weight excluding hydrogens is 450 g/mol. The molecule has 0 bridgehead atoms. The predicted octanol–water partition coefficient (Wildman–Crippen LogP) is 4.76. The second-order valence-electron chi connectivity index (χ2n) is 6.89. The first kappa shape index (κ1) is 23.1. The standard InChI is InChI=1S/C19H16F6N2O3S/c20-18(21,22)13-9-14(19(23,24)25)11-15(10-13)26-17(28)12-4-3-5-16(8-12)31(29,30)27-6-1-2-7-27/h3-5,8-11H,1-2,6-7H2,(H,26,28). The lowest BCUT2D eigenvalue weighted by molar-refractivity contribution is -0.143. The number of halogens is 6. The second kappa shape index (κ2) is 8.15. The summed E-state index contributed by atoms with van der Waals surface area (Å²) in [4.78, 5) is 12.3. The van der Waals surface area contributed by atoms with E-state index in [0.717, 1.165) is 6.07 Å². The van der Waals surface area contributed by atoms with E-state index in [2.05, 4.69) is 0 Å². The van der Waals surface area contributed by atoms with E-state index in [9.17, 15) is 39.6 Å². The monoisotopic (exact) mass is 466 g/mol. The van der Waals surface area contributed by atoms with E-state index < -0.39 is 45.1 Å². The minimum atomic E-state index is -5.07. The maximum absolute atomic E-state index is 13.0. The third-order valence-electron chi connectivity index (χ3n) is 4.64. The Bertz CT molecular complexity index is 1060. The normalized spacial score (nSPS) is 15.8. The van der Waals surface area contributed by atoms with Crippen LogP contribution in [0.3, 0.4) is 0 Å². The number of sulfonamides is 1. The summed E-state index contributed by atoms with van der Waals surface area (Å²) in [5.41, 5.74) is -4.11. The SMILES string of the molecule is O=C(Nc1cc(C(F)(F)F)cc(C(F)(F)F)c1)c1cccc(S(=O)(=O)N2CCCC2)c1. The molecule has 1 heterocycles. The largest absolute Gasteiger partial charge is 0.416 e. The van der Waals surface area contributed by atoms with Crippen molar-refractivity contribution in [3.8, 4) is 0 Å². The maximum Gasteiger partial charge on any atom is 0.416 e. The number of hydrogen-bond donors (Lipinski definition) is 1. The van der Waals surface area contributed by atoms with Crippen LogP contribution in [0.25, 0.3) is 0 Å². The van der Waals surface area contributed by atoms with E-state index >= 15 is 0 Å². The Morgan fingerprint density at radius 2 is 1.42 bits per heavy atom. The van der Waals surface area contributed by atoms with E-state index in [4.69, 9.17) is 0 Å². The van der Waals surface area contributed by atoms with Gasteiger partial charge in [0.2, 0.25) is 10.0 Å². The molecule has 1 amide bonds. The van der Waals surface area contributed by atoms with Gasteiger partial charge in [-0.25, -0.2) is 8.42 Å². The summed E-state index contributed by atoms with van der Waals surface area (Å²) in [5, 5.41) is 1.98. The summed E-state index contributed by atoms with van der Waals surface area (Å²) >= 11 is 0. The van der Waals surface area contributed by atoms with Gasteiger partial charge in [0.1, 0.15) is 0 Å². The lowest BCUT2D eigenvalue weighted by Crippen LogP contribution is -2.28. The lowest BCUT2D eigenvalue weighted by atomic mass is 10.1. The van der Waals surface area contributed by atoms with Crippen molar-refractivity contribution in [1.29, 1.82) is 0 Å². The average Bonchev–Trinajstić information content (AvgIpc) is 3.22. The Labute approximate surface area is 173 Å². The summed E-state index contributed by atoms with van der Waals surface area (Å²) in [5.74, 6) is -1.05. The third-order valence-corrected chi connectivity index (χ3v) is 6.54. The van der Waals surface area contributed by atoms with Crippen LogP contribution in [0.1, 0.15) is 34.3 Å². The van der Waals surface area contributed by atoms with Crippen molar-refractivity contribution in [3.63, 3.8) is 0 Å². The van der Waals surface area contributed by atoms with E-state index in [1.165, 1.54) is 22.5 Å². The highest BCUT2D eigenvalue weighted by molar-refractivity contribution is 7.89. The number of anilines is 1. The Kier molecular flexibility index (Phi) is 6.07. The molecule has 5 nitrogen and oxygen atoms in total. The molecule has 0 aromatic heterocycles. The fraction of sp³-hybridized carbons (Fsp3) is 0.316. The fourth-order valence-corrected chi connectivity index (χ4v) is 4.67. The highest BCUT2D eigenvalue weighted by atomic mass is 32.2.